The summed E-state index contributed by atoms with van der Waals surface area (Å²) in [5, 5.41) is 6.30. The minimum absolute atomic E-state index is 0.0729. The van der Waals surface area contributed by atoms with Crippen molar-refractivity contribution in [3.05, 3.63) is 88.4 Å². The van der Waals surface area contributed by atoms with E-state index in [9.17, 15) is 14.4 Å². The predicted octanol–water partition coefficient (Wildman–Crippen LogP) is 4.69. The van der Waals surface area contributed by atoms with Crippen molar-refractivity contribution in [1.29, 1.82) is 0 Å². The minimum Gasteiger partial charge on any atom is -0.496 e. The van der Waals surface area contributed by atoms with Crippen molar-refractivity contribution in [3.63, 3.8) is 0 Å². The summed E-state index contributed by atoms with van der Waals surface area (Å²) in [7, 11) is 2.95. The van der Waals surface area contributed by atoms with Crippen molar-refractivity contribution in [2.45, 2.75) is 51.0 Å². The number of ether oxygens (including phenoxy) is 4. The van der Waals surface area contributed by atoms with Gasteiger partial charge in [-0.05, 0) is 60.4 Å². The normalized spacial score (nSPS) is 16.0. The van der Waals surface area contributed by atoms with E-state index in [-0.39, 0.29) is 30.9 Å². The third-order valence-corrected chi connectivity index (χ3v) is 8.46. The van der Waals surface area contributed by atoms with Gasteiger partial charge in [0.1, 0.15) is 17.5 Å². The van der Waals surface area contributed by atoms with Crippen molar-refractivity contribution >= 4 is 35.2 Å². The molecule has 0 aromatic heterocycles. The van der Waals surface area contributed by atoms with Crippen molar-refractivity contribution in [1.82, 2.24) is 15.5 Å². The van der Waals surface area contributed by atoms with Crippen molar-refractivity contribution < 1.29 is 33.3 Å². The summed E-state index contributed by atoms with van der Waals surface area (Å²) in [6.07, 6.45) is 1.95. The minimum atomic E-state index is -0.716. The summed E-state index contributed by atoms with van der Waals surface area (Å²) in [5.74, 6) is 1.15. The molecule has 0 radical (unpaired) electrons. The second-order valence-corrected chi connectivity index (χ2v) is 11.8. The molecule has 250 valence electrons. The van der Waals surface area contributed by atoms with E-state index >= 15 is 0 Å². The number of hydrogen-bond donors (Lipinski definition) is 2. The molecule has 5 rings (SSSR count). The van der Waals surface area contributed by atoms with E-state index in [0.29, 0.717) is 55.8 Å². The molecule has 47 heavy (non-hydrogen) atoms. The third kappa shape index (κ3) is 9.15. The van der Waals surface area contributed by atoms with Crippen LogP contribution in [0.15, 0.2) is 66.7 Å². The highest BCUT2D eigenvalue weighted by Crippen LogP contribution is 2.33. The van der Waals surface area contributed by atoms with Crippen LogP contribution in [-0.4, -0.2) is 75.4 Å². The summed E-state index contributed by atoms with van der Waals surface area (Å²) >= 11 is 6.56. The third-order valence-electron chi connectivity index (χ3n) is 8.09. The van der Waals surface area contributed by atoms with Gasteiger partial charge in [0.2, 0.25) is 11.8 Å². The first-order valence-corrected chi connectivity index (χ1v) is 16.1. The number of alkyl carbamates (subject to hydrolysis) is 1. The van der Waals surface area contributed by atoms with E-state index in [0.717, 1.165) is 35.3 Å². The van der Waals surface area contributed by atoms with Gasteiger partial charge in [0.05, 0.1) is 40.6 Å². The molecule has 0 unspecified atom stereocenters. The lowest BCUT2D eigenvalue weighted by atomic mass is 10.1. The molecule has 3 aromatic rings. The number of rotatable bonds is 15. The molecule has 3 aromatic carbocycles. The van der Waals surface area contributed by atoms with Gasteiger partial charge in [0.25, 0.3) is 0 Å². The first-order chi connectivity index (χ1) is 22.9. The van der Waals surface area contributed by atoms with Crippen LogP contribution in [-0.2, 0) is 38.8 Å². The van der Waals surface area contributed by atoms with Crippen LogP contribution in [0.25, 0.3) is 0 Å². The van der Waals surface area contributed by atoms with E-state index in [1.807, 2.05) is 65.6 Å². The molecule has 2 fully saturated rings. The molecule has 0 bridgehead atoms. The molecule has 11 nitrogen and oxygen atoms in total. The summed E-state index contributed by atoms with van der Waals surface area (Å²) in [6, 6.07) is 19.8. The zero-order chi connectivity index (χ0) is 33.2. The van der Waals surface area contributed by atoms with Gasteiger partial charge in [0.15, 0.2) is 0 Å². The second kappa shape index (κ2) is 16.5. The van der Waals surface area contributed by atoms with Gasteiger partial charge in [-0.25, -0.2) is 4.79 Å². The topological polar surface area (TPSA) is 119 Å². The van der Waals surface area contributed by atoms with Crippen LogP contribution in [0.1, 0.15) is 36.0 Å². The van der Waals surface area contributed by atoms with Crippen molar-refractivity contribution in [2.75, 3.05) is 45.4 Å². The number of halogens is 1. The maximum Gasteiger partial charge on any atom is 0.407 e. The number of para-hydroxylation sites is 1. The molecular formula is C35H41ClN4O7. The Balaban J connectivity index is 1.18. The number of nitrogens with one attached hydrogen (secondary N) is 2. The Morgan fingerprint density at radius 3 is 2.55 bits per heavy atom. The van der Waals surface area contributed by atoms with E-state index in [1.54, 1.807) is 18.1 Å². The Morgan fingerprint density at radius 2 is 1.81 bits per heavy atom. The molecule has 1 aliphatic carbocycles. The monoisotopic (exact) mass is 664 g/mol. The number of hydrogen-bond acceptors (Lipinski definition) is 8. The van der Waals surface area contributed by atoms with E-state index in [4.69, 9.17) is 25.8 Å². The first kappa shape index (κ1) is 34.0. The second-order valence-electron chi connectivity index (χ2n) is 11.4. The maximum absolute atomic E-state index is 14.1. The standard InChI is InChI=1S/C35H41ClN4O7/c1-44-32-7-4-3-6-25(32)23-46-16-5-17-47-29-13-11-28(12-14-29)40-31(20-37-21-33(40)41)34(42)39(27-9-10-27)22-26-18-24(8-15-30(26)36)19-38-35(43)45-2/h3-4,6-8,11-15,18,27,31,37H,5,9-10,16-17,19-23H2,1-2H3,(H,38,43)/t31-/m1/s1. The SMILES string of the molecule is COC(=O)NCc1ccc(Cl)c(CN(C(=O)[C@H]2CNCC(=O)N2c2ccc(OCCCOCc3ccccc3OC)cc2)C2CC2)c1. The highest BCUT2D eigenvalue weighted by Gasteiger charge is 2.41. The van der Waals surface area contributed by atoms with Gasteiger partial charge in [0, 0.05) is 48.4 Å². The highest BCUT2D eigenvalue weighted by atomic mass is 35.5. The van der Waals surface area contributed by atoms with Crippen LogP contribution >= 0.6 is 11.6 Å². The lowest BCUT2D eigenvalue weighted by Gasteiger charge is -2.38. The van der Waals surface area contributed by atoms with Crippen LogP contribution < -0.4 is 25.0 Å². The quantitative estimate of drug-likeness (QED) is 0.225. The lowest BCUT2D eigenvalue weighted by Crippen LogP contribution is -2.61. The molecule has 12 heteroatoms. The molecule has 1 aliphatic heterocycles. The first-order valence-electron chi connectivity index (χ1n) is 15.7. The predicted molar refractivity (Wildman–Crippen MR) is 178 cm³/mol. The average Bonchev–Trinajstić information content (AvgIpc) is 3.94. The zero-order valence-electron chi connectivity index (χ0n) is 26.7. The summed E-state index contributed by atoms with van der Waals surface area (Å²) in [5.41, 5.74) is 3.22. The molecular weight excluding hydrogens is 624 g/mol. The van der Waals surface area contributed by atoms with E-state index in [1.165, 1.54) is 7.11 Å². The Morgan fingerprint density at radius 1 is 1.02 bits per heavy atom. The van der Waals surface area contributed by atoms with Gasteiger partial charge in [-0.15, -0.1) is 0 Å². The highest BCUT2D eigenvalue weighted by molar-refractivity contribution is 6.31. The van der Waals surface area contributed by atoms with E-state index in [2.05, 4.69) is 15.4 Å². The van der Waals surface area contributed by atoms with Crippen LogP contribution in [0.5, 0.6) is 11.5 Å². The Kier molecular flexibility index (Phi) is 11.9. The molecule has 0 spiro atoms. The number of carbonyl (C=O) groups excluding carboxylic acids is 3. The summed E-state index contributed by atoms with van der Waals surface area (Å²) in [6.45, 7) is 2.50. The number of methoxy groups -OCH3 is 2. The fourth-order valence-electron chi connectivity index (χ4n) is 5.50. The molecule has 3 amide bonds. The van der Waals surface area contributed by atoms with Crippen LogP contribution in [0.2, 0.25) is 5.02 Å². The van der Waals surface area contributed by atoms with Crippen molar-refractivity contribution in [2.24, 2.45) is 0 Å². The van der Waals surface area contributed by atoms with Gasteiger partial charge in [-0.3, -0.25) is 14.5 Å². The maximum atomic E-state index is 14.1. The number of anilines is 1. The average molecular weight is 665 g/mol. The largest absolute Gasteiger partial charge is 0.496 e. The molecule has 1 atom stereocenters. The Bertz CT molecular complexity index is 1530. The van der Waals surface area contributed by atoms with Gasteiger partial charge < -0.3 is 34.5 Å². The van der Waals surface area contributed by atoms with Crippen LogP contribution in [0.4, 0.5) is 10.5 Å². The summed E-state index contributed by atoms with van der Waals surface area (Å²) in [4.78, 5) is 42.3. The Labute approximate surface area is 280 Å². The number of benzene rings is 3. The molecule has 2 aliphatic rings. The van der Waals surface area contributed by atoms with Gasteiger partial charge >= 0.3 is 6.09 Å². The Hall–Kier alpha value is -4.32. The summed E-state index contributed by atoms with van der Waals surface area (Å²) < 4.78 is 21.7. The zero-order valence-corrected chi connectivity index (χ0v) is 27.5. The van der Waals surface area contributed by atoms with Gasteiger partial charge in [-0.1, -0.05) is 41.9 Å². The van der Waals surface area contributed by atoms with Crippen molar-refractivity contribution in [3.8, 4) is 11.5 Å². The van der Waals surface area contributed by atoms with Crippen LogP contribution in [0.3, 0.4) is 0 Å². The smallest absolute Gasteiger partial charge is 0.407 e. The van der Waals surface area contributed by atoms with Crippen LogP contribution in [0, 0.1) is 0 Å². The fourth-order valence-corrected chi connectivity index (χ4v) is 5.68. The van der Waals surface area contributed by atoms with E-state index < -0.39 is 12.1 Å². The molecule has 1 saturated carbocycles. The lowest BCUT2D eigenvalue weighted by molar-refractivity contribution is -0.136. The molecule has 2 N–H and O–H groups in total. The number of nitrogens with zero attached hydrogens (tertiary/aromatic N) is 2. The fraction of sp³-hybridized carbons (Fsp3) is 0.400. The molecule has 1 heterocycles. The van der Waals surface area contributed by atoms with Gasteiger partial charge in [-0.2, -0.15) is 0 Å². The number of piperazine rings is 1. The number of amides is 3. The number of carbonyl (C=O) groups is 3. The molecule has 1 saturated heterocycles.